The predicted octanol–water partition coefficient (Wildman–Crippen LogP) is 1.31. The lowest BCUT2D eigenvalue weighted by atomic mass is 9.67. The second-order valence-corrected chi connectivity index (χ2v) is 5.37. The van der Waals surface area contributed by atoms with Crippen LogP contribution in [0.1, 0.15) is 39.0 Å². The topological polar surface area (TPSA) is 49.3 Å². The maximum absolute atomic E-state index is 10.8. The van der Waals surface area contributed by atoms with Crippen LogP contribution in [0.5, 0.6) is 0 Å². The van der Waals surface area contributed by atoms with E-state index in [0.29, 0.717) is 17.8 Å². The van der Waals surface area contributed by atoms with E-state index in [1.807, 2.05) is 0 Å². The lowest BCUT2D eigenvalue weighted by Crippen LogP contribution is -2.37. The highest BCUT2D eigenvalue weighted by Gasteiger charge is 2.35. The van der Waals surface area contributed by atoms with Crippen molar-refractivity contribution < 1.29 is 9.90 Å². The third-order valence-corrected chi connectivity index (χ3v) is 3.85. The first-order valence-electron chi connectivity index (χ1n) is 6.06. The first-order chi connectivity index (χ1) is 7.13. The number of carbonyl (C=O) groups is 1. The molecule has 2 aliphatic rings. The summed E-state index contributed by atoms with van der Waals surface area (Å²) in [6.07, 6.45) is 5.57. The monoisotopic (exact) mass is 211 g/mol. The van der Waals surface area contributed by atoms with Gasteiger partial charge in [0.1, 0.15) is 0 Å². The summed E-state index contributed by atoms with van der Waals surface area (Å²) in [5.74, 6) is 2.12. The molecule has 2 aliphatic carbocycles. The minimum atomic E-state index is -0.0598. The summed E-state index contributed by atoms with van der Waals surface area (Å²) in [7, 11) is 0. The molecule has 0 saturated heterocycles. The van der Waals surface area contributed by atoms with Gasteiger partial charge in [0.15, 0.2) is 0 Å². The number of hydrogen-bond acceptors (Lipinski definition) is 2. The highest BCUT2D eigenvalue weighted by Crippen LogP contribution is 2.42. The van der Waals surface area contributed by atoms with E-state index in [4.69, 9.17) is 0 Å². The van der Waals surface area contributed by atoms with Gasteiger partial charge in [-0.3, -0.25) is 4.79 Å². The van der Waals surface area contributed by atoms with Gasteiger partial charge in [0.2, 0.25) is 5.91 Å². The molecular weight excluding hydrogens is 190 g/mol. The number of rotatable bonds is 2. The Hall–Kier alpha value is -0.570. The van der Waals surface area contributed by atoms with Crippen LogP contribution in [0.2, 0.25) is 0 Å². The Labute approximate surface area is 91.2 Å². The third-order valence-electron chi connectivity index (χ3n) is 3.85. The highest BCUT2D eigenvalue weighted by molar-refractivity contribution is 5.72. The molecule has 0 aromatic rings. The van der Waals surface area contributed by atoms with Crippen molar-refractivity contribution in [2.75, 3.05) is 6.54 Å². The smallest absolute Gasteiger partial charge is 0.216 e. The molecule has 0 spiro atoms. The van der Waals surface area contributed by atoms with E-state index in [0.717, 1.165) is 19.4 Å². The fourth-order valence-electron chi connectivity index (χ4n) is 3.41. The minimum absolute atomic E-state index is 0.0598. The molecule has 2 unspecified atom stereocenters. The fourth-order valence-corrected chi connectivity index (χ4v) is 3.41. The van der Waals surface area contributed by atoms with Gasteiger partial charge >= 0.3 is 0 Å². The molecule has 3 nitrogen and oxygen atoms in total. The van der Waals surface area contributed by atoms with Gasteiger partial charge in [-0.05, 0) is 49.9 Å². The molecule has 2 fully saturated rings. The number of amides is 1. The second-order valence-electron chi connectivity index (χ2n) is 5.37. The Morgan fingerprint density at radius 2 is 1.80 bits per heavy atom. The van der Waals surface area contributed by atoms with Crippen LogP contribution in [-0.4, -0.2) is 23.7 Å². The molecular formula is C12H21NO2. The maximum Gasteiger partial charge on any atom is 0.216 e. The number of hydrogen-bond donors (Lipinski definition) is 2. The molecule has 15 heavy (non-hydrogen) atoms. The van der Waals surface area contributed by atoms with Crippen molar-refractivity contribution in [3.63, 3.8) is 0 Å². The molecule has 1 amide bonds. The number of aliphatic hydroxyl groups excluding tert-OH is 1. The molecule has 0 aromatic carbocycles. The van der Waals surface area contributed by atoms with Crippen molar-refractivity contribution in [2.24, 2.45) is 17.8 Å². The molecule has 0 heterocycles. The van der Waals surface area contributed by atoms with Gasteiger partial charge in [0, 0.05) is 13.5 Å². The van der Waals surface area contributed by atoms with Crippen molar-refractivity contribution in [1.82, 2.24) is 5.32 Å². The Morgan fingerprint density at radius 3 is 2.33 bits per heavy atom. The zero-order valence-corrected chi connectivity index (χ0v) is 9.41. The third kappa shape index (κ3) is 2.94. The minimum Gasteiger partial charge on any atom is -0.393 e. The number of fused-ring (bicyclic) bond motifs is 2. The van der Waals surface area contributed by atoms with Crippen molar-refractivity contribution in [3.05, 3.63) is 0 Å². The summed E-state index contributed by atoms with van der Waals surface area (Å²) >= 11 is 0. The first kappa shape index (κ1) is 10.9. The predicted molar refractivity (Wildman–Crippen MR) is 58.2 cm³/mol. The average Bonchev–Trinajstić information content (AvgIpc) is 2.12. The number of nitrogens with one attached hydrogen (secondary N) is 1. The Morgan fingerprint density at radius 1 is 1.20 bits per heavy atom. The zero-order valence-electron chi connectivity index (χ0n) is 9.41. The average molecular weight is 211 g/mol. The lowest BCUT2D eigenvalue weighted by molar-refractivity contribution is -0.119. The van der Waals surface area contributed by atoms with Crippen LogP contribution in [-0.2, 0) is 4.79 Å². The largest absolute Gasteiger partial charge is 0.393 e. The van der Waals surface area contributed by atoms with Gasteiger partial charge in [0.25, 0.3) is 0 Å². The summed E-state index contributed by atoms with van der Waals surface area (Å²) in [6, 6.07) is 0. The van der Waals surface area contributed by atoms with Gasteiger partial charge in [0.05, 0.1) is 6.10 Å². The molecule has 0 radical (unpaired) electrons. The van der Waals surface area contributed by atoms with E-state index in [2.05, 4.69) is 5.32 Å². The van der Waals surface area contributed by atoms with E-state index in [9.17, 15) is 9.90 Å². The second kappa shape index (κ2) is 4.52. The van der Waals surface area contributed by atoms with Crippen molar-refractivity contribution in [3.8, 4) is 0 Å². The van der Waals surface area contributed by atoms with Crippen molar-refractivity contribution in [2.45, 2.75) is 45.1 Å². The van der Waals surface area contributed by atoms with E-state index in [-0.39, 0.29) is 12.0 Å². The summed E-state index contributed by atoms with van der Waals surface area (Å²) in [5, 5.41) is 12.6. The quantitative estimate of drug-likeness (QED) is 0.723. The fraction of sp³-hybridized carbons (Fsp3) is 0.917. The molecule has 4 atom stereocenters. The molecule has 2 bridgehead atoms. The van der Waals surface area contributed by atoms with Crippen LogP contribution in [0.15, 0.2) is 0 Å². The van der Waals surface area contributed by atoms with Crippen LogP contribution in [0, 0.1) is 17.8 Å². The Bertz CT molecular complexity index is 224. The molecule has 2 saturated carbocycles. The van der Waals surface area contributed by atoms with E-state index in [1.165, 1.54) is 19.3 Å². The highest BCUT2D eigenvalue weighted by atomic mass is 16.3. The maximum atomic E-state index is 10.8. The molecule has 0 aliphatic heterocycles. The summed E-state index contributed by atoms with van der Waals surface area (Å²) < 4.78 is 0. The Balaban J connectivity index is 1.83. The lowest BCUT2D eigenvalue weighted by Gasteiger charge is -2.41. The first-order valence-corrected chi connectivity index (χ1v) is 6.06. The number of aliphatic hydroxyl groups is 1. The molecule has 2 rings (SSSR count). The molecule has 3 heteroatoms. The molecule has 2 N–H and O–H groups in total. The van der Waals surface area contributed by atoms with Gasteiger partial charge < -0.3 is 10.4 Å². The van der Waals surface area contributed by atoms with E-state index < -0.39 is 0 Å². The van der Waals surface area contributed by atoms with E-state index >= 15 is 0 Å². The van der Waals surface area contributed by atoms with Crippen molar-refractivity contribution in [1.29, 1.82) is 0 Å². The van der Waals surface area contributed by atoms with Crippen LogP contribution in [0.25, 0.3) is 0 Å². The summed E-state index contributed by atoms with van der Waals surface area (Å²) in [4.78, 5) is 10.8. The van der Waals surface area contributed by atoms with Crippen molar-refractivity contribution >= 4 is 5.91 Å². The van der Waals surface area contributed by atoms with Crippen LogP contribution in [0.3, 0.4) is 0 Å². The van der Waals surface area contributed by atoms with Gasteiger partial charge in [-0.1, -0.05) is 0 Å². The Kier molecular flexibility index (Phi) is 3.29. The number of carbonyl (C=O) groups excluding carboxylic acids is 1. The standard InChI is InChI=1S/C12H21NO2/c1-8(14)13-7-11-3-9-2-10(4-11)6-12(15)5-9/h9-12,15H,2-7H2,1H3,(H,13,14)/t9-,10+,11?,12?. The van der Waals surface area contributed by atoms with Gasteiger partial charge in [-0.25, -0.2) is 0 Å². The van der Waals surface area contributed by atoms with Gasteiger partial charge in [-0.2, -0.15) is 0 Å². The summed E-state index contributed by atoms with van der Waals surface area (Å²) in [5.41, 5.74) is 0. The summed E-state index contributed by atoms with van der Waals surface area (Å²) in [6.45, 7) is 2.41. The van der Waals surface area contributed by atoms with Gasteiger partial charge in [-0.15, -0.1) is 0 Å². The molecule has 0 aromatic heterocycles. The van der Waals surface area contributed by atoms with Crippen LogP contribution < -0.4 is 5.32 Å². The molecule has 86 valence electrons. The van der Waals surface area contributed by atoms with Crippen LogP contribution >= 0.6 is 0 Å². The van der Waals surface area contributed by atoms with E-state index in [1.54, 1.807) is 6.92 Å². The zero-order chi connectivity index (χ0) is 10.8. The SMILES string of the molecule is CC(=O)NCC1C[C@H]2CC(O)C[C@@H](C1)C2. The van der Waals surface area contributed by atoms with Crippen LogP contribution in [0.4, 0.5) is 0 Å². The normalized spacial score (nSPS) is 39.9.